The molecule has 2 fully saturated rings. The number of methoxy groups -OCH3 is 1. The summed E-state index contributed by atoms with van der Waals surface area (Å²) < 4.78 is 4.60. The fraction of sp³-hybridized carbons (Fsp3) is 0.812. The molecule has 0 aromatic carbocycles. The van der Waals surface area contributed by atoms with Gasteiger partial charge in [-0.3, -0.25) is 0 Å². The second kappa shape index (κ2) is 6.14. The van der Waals surface area contributed by atoms with Gasteiger partial charge in [0.2, 0.25) is 0 Å². The van der Waals surface area contributed by atoms with E-state index < -0.39 is 53.7 Å². The van der Waals surface area contributed by atoms with E-state index in [1.54, 1.807) is 6.92 Å². The number of ether oxygens (including phenoxy) is 1. The second-order valence-electron chi connectivity index (χ2n) is 7.10. The summed E-state index contributed by atoms with van der Waals surface area (Å²) in [5, 5.41) is 52.0. The Morgan fingerprint density at radius 2 is 1.96 bits per heavy atom. The third-order valence-electron chi connectivity index (χ3n) is 5.80. The van der Waals surface area contributed by atoms with Gasteiger partial charge in [0, 0.05) is 22.8 Å². The molecule has 0 aromatic rings. The molecular formula is C16H26O7. The van der Waals surface area contributed by atoms with Crippen LogP contribution in [-0.2, 0) is 9.53 Å². The maximum Gasteiger partial charge on any atom is 0.333 e. The maximum absolute atomic E-state index is 11.7. The third kappa shape index (κ3) is 2.70. The lowest BCUT2D eigenvalue weighted by Gasteiger charge is -2.59. The molecule has 0 aromatic heterocycles. The highest BCUT2D eigenvalue weighted by Gasteiger charge is 2.63. The van der Waals surface area contributed by atoms with Crippen LogP contribution in [0.3, 0.4) is 0 Å². The molecule has 7 nitrogen and oxygen atoms in total. The predicted octanol–water partition coefficient (Wildman–Crippen LogP) is -1.04. The van der Waals surface area contributed by atoms with E-state index in [2.05, 4.69) is 11.3 Å². The van der Waals surface area contributed by atoms with Crippen LogP contribution < -0.4 is 0 Å². The lowest BCUT2D eigenvalue weighted by Crippen LogP contribution is -2.67. The molecule has 0 aliphatic heterocycles. The number of carbonyl (C=O) groups is 1. The Kier molecular flexibility index (Phi) is 4.90. The summed E-state index contributed by atoms with van der Waals surface area (Å²) in [5.41, 5.74) is -2.67. The Labute approximate surface area is 135 Å². The molecule has 0 heterocycles. The highest BCUT2D eigenvalue weighted by Crippen LogP contribution is 2.56. The molecule has 0 amide bonds. The number of aliphatic hydroxyl groups is 5. The van der Waals surface area contributed by atoms with Crippen LogP contribution in [0, 0.1) is 17.3 Å². The van der Waals surface area contributed by atoms with Crippen molar-refractivity contribution in [2.24, 2.45) is 17.3 Å². The van der Waals surface area contributed by atoms with Crippen LogP contribution in [0.4, 0.5) is 0 Å². The smallest absolute Gasteiger partial charge is 0.333 e. The van der Waals surface area contributed by atoms with Gasteiger partial charge in [0.15, 0.2) is 0 Å². The molecule has 132 valence electrons. The van der Waals surface area contributed by atoms with Gasteiger partial charge in [0.05, 0.1) is 37.6 Å². The van der Waals surface area contributed by atoms with Crippen LogP contribution in [0.2, 0.25) is 0 Å². The maximum atomic E-state index is 11.7. The van der Waals surface area contributed by atoms with Crippen molar-refractivity contribution in [1.82, 2.24) is 0 Å². The molecular weight excluding hydrogens is 304 g/mol. The van der Waals surface area contributed by atoms with Crippen molar-refractivity contribution in [2.75, 3.05) is 13.7 Å². The summed E-state index contributed by atoms with van der Waals surface area (Å²) in [6, 6.07) is 0. The van der Waals surface area contributed by atoms with Gasteiger partial charge in [-0.2, -0.15) is 0 Å². The van der Waals surface area contributed by atoms with Crippen molar-refractivity contribution in [1.29, 1.82) is 0 Å². The summed E-state index contributed by atoms with van der Waals surface area (Å²) in [5.74, 6) is -2.68. The van der Waals surface area contributed by atoms with E-state index in [1.165, 1.54) is 7.11 Å². The SMILES string of the molecule is C=C(C(=O)OC)[C@H]1[C@H](O)[C@H]2[C@](O)(CO)CC[C@@H](O)[C@]2(C)C[C@@H]1O. The van der Waals surface area contributed by atoms with Crippen LogP contribution in [0.25, 0.3) is 0 Å². The number of carbonyl (C=O) groups excluding carboxylic acids is 1. The zero-order chi connectivity index (χ0) is 17.6. The third-order valence-corrected chi connectivity index (χ3v) is 5.80. The van der Waals surface area contributed by atoms with Crippen molar-refractivity contribution >= 4 is 5.97 Å². The minimum atomic E-state index is -1.60. The molecule has 0 bridgehead atoms. The van der Waals surface area contributed by atoms with E-state index in [4.69, 9.17) is 0 Å². The highest BCUT2D eigenvalue weighted by molar-refractivity contribution is 5.88. The number of esters is 1. The van der Waals surface area contributed by atoms with Crippen LogP contribution in [0.15, 0.2) is 12.2 Å². The molecule has 0 spiro atoms. The number of aliphatic hydroxyl groups excluding tert-OH is 4. The van der Waals surface area contributed by atoms with Crippen LogP contribution >= 0.6 is 0 Å². The van der Waals surface area contributed by atoms with Crippen molar-refractivity contribution in [3.63, 3.8) is 0 Å². The molecule has 2 rings (SSSR count). The zero-order valence-corrected chi connectivity index (χ0v) is 13.5. The minimum Gasteiger partial charge on any atom is -0.466 e. The Hall–Kier alpha value is -0.990. The van der Waals surface area contributed by atoms with Gasteiger partial charge < -0.3 is 30.3 Å². The fourth-order valence-corrected chi connectivity index (χ4v) is 4.56. The first-order valence-electron chi connectivity index (χ1n) is 7.77. The predicted molar refractivity (Wildman–Crippen MR) is 80.2 cm³/mol. The van der Waals surface area contributed by atoms with Crippen molar-refractivity contribution < 1.29 is 35.1 Å². The van der Waals surface area contributed by atoms with E-state index in [1.807, 2.05) is 0 Å². The van der Waals surface area contributed by atoms with Gasteiger partial charge in [-0.25, -0.2) is 4.79 Å². The molecule has 0 saturated heterocycles. The van der Waals surface area contributed by atoms with Gasteiger partial charge in [0.1, 0.15) is 0 Å². The highest BCUT2D eigenvalue weighted by atomic mass is 16.5. The summed E-state index contributed by atoms with van der Waals surface area (Å²) in [6.07, 6.45) is -2.85. The van der Waals surface area contributed by atoms with Gasteiger partial charge in [-0.1, -0.05) is 13.5 Å². The first kappa shape index (κ1) is 18.4. The normalized spacial score (nSPS) is 46.8. The molecule has 0 radical (unpaired) electrons. The first-order chi connectivity index (χ1) is 10.6. The number of fused-ring (bicyclic) bond motifs is 1. The summed E-state index contributed by atoms with van der Waals surface area (Å²) in [6.45, 7) is 4.70. The van der Waals surface area contributed by atoms with E-state index in [-0.39, 0.29) is 24.8 Å². The topological polar surface area (TPSA) is 127 Å². The lowest BCUT2D eigenvalue weighted by atomic mass is 9.50. The van der Waals surface area contributed by atoms with Crippen molar-refractivity contribution in [2.45, 2.75) is 50.1 Å². The van der Waals surface area contributed by atoms with E-state index in [0.29, 0.717) is 0 Å². The number of rotatable bonds is 3. The Balaban J connectivity index is 2.44. The molecule has 7 heteroatoms. The zero-order valence-electron chi connectivity index (χ0n) is 13.5. The summed E-state index contributed by atoms with van der Waals surface area (Å²) in [7, 11) is 1.17. The summed E-state index contributed by atoms with van der Waals surface area (Å²) in [4.78, 5) is 11.7. The van der Waals surface area contributed by atoms with Crippen LogP contribution in [0.1, 0.15) is 26.2 Å². The van der Waals surface area contributed by atoms with E-state index in [0.717, 1.165) is 0 Å². The van der Waals surface area contributed by atoms with Crippen LogP contribution in [0.5, 0.6) is 0 Å². The Morgan fingerprint density at radius 1 is 1.35 bits per heavy atom. The second-order valence-corrected chi connectivity index (χ2v) is 7.10. The first-order valence-corrected chi connectivity index (χ1v) is 7.77. The number of hydrogen-bond acceptors (Lipinski definition) is 7. The fourth-order valence-electron chi connectivity index (χ4n) is 4.56. The van der Waals surface area contributed by atoms with Gasteiger partial charge in [-0.05, 0) is 19.3 Å². The molecule has 2 aliphatic rings. The van der Waals surface area contributed by atoms with Crippen LogP contribution in [-0.4, -0.2) is 69.1 Å². The lowest BCUT2D eigenvalue weighted by molar-refractivity contribution is -0.246. The summed E-state index contributed by atoms with van der Waals surface area (Å²) >= 11 is 0. The van der Waals surface area contributed by atoms with Gasteiger partial charge in [-0.15, -0.1) is 0 Å². The molecule has 0 unspecified atom stereocenters. The molecule has 2 saturated carbocycles. The average Bonchev–Trinajstić information content (AvgIpc) is 2.49. The average molecular weight is 330 g/mol. The Morgan fingerprint density at radius 3 is 2.48 bits per heavy atom. The molecule has 7 atom stereocenters. The standard InChI is InChI=1S/C16H26O7/c1-8(14(21)23-3)11-9(18)6-15(2)10(19)4-5-16(22,7-17)13(15)12(11)20/h9-13,17-20,22H,1,4-7H2,2-3H3/t9-,10+,11+,12-,13+,15-,16+/m0/s1. The van der Waals surface area contributed by atoms with E-state index in [9.17, 15) is 30.3 Å². The molecule has 5 N–H and O–H groups in total. The van der Waals surface area contributed by atoms with E-state index >= 15 is 0 Å². The minimum absolute atomic E-state index is 0.0683. The van der Waals surface area contributed by atoms with Gasteiger partial charge in [0.25, 0.3) is 0 Å². The van der Waals surface area contributed by atoms with Gasteiger partial charge >= 0.3 is 5.97 Å². The molecule has 23 heavy (non-hydrogen) atoms. The molecule has 2 aliphatic carbocycles. The van der Waals surface area contributed by atoms with Crippen molar-refractivity contribution in [3.05, 3.63) is 12.2 Å². The number of hydrogen-bond donors (Lipinski definition) is 5. The Bertz CT molecular complexity index is 493. The monoisotopic (exact) mass is 330 g/mol. The largest absolute Gasteiger partial charge is 0.466 e. The van der Waals surface area contributed by atoms with Crippen molar-refractivity contribution in [3.8, 4) is 0 Å². The quantitative estimate of drug-likeness (QED) is 0.330.